The SMILES string of the molecule is CCOC(=O)C1CCCN(C(=O)C(c2ccccc2)C(C)CC)C1. The number of carbonyl (C=O) groups is 2. The lowest BCUT2D eigenvalue weighted by atomic mass is 9.83. The lowest BCUT2D eigenvalue weighted by Crippen LogP contribution is -2.45. The number of ether oxygens (including phenoxy) is 1. The summed E-state index contributed by atoms with van der Waals surface area (Å²) in [6.45, 7) is 7.67. The Morgan fingerprint density at radius 2 is 1.96 bits per heavy atom. The highest BCUT2D eigenvalue weighted by molar-refractivity contribution is 5.85. The molecule has 0 spiro atoms. The van der Waals surface area contributed by atoms with Gasteiger partial charge in [0, 0.05) is 13.1 Å². The third-order valence-electron chi connectivity index (χ3n) is 4.99. The van der Waals surface area contributed by atoms with E-state index in [1.165, 1.54) is 0 Å². The van der Waals surface area contributed by atoms with Crippen molar-refractivity contribution in [3.63, 3.8) is 0 Å². The van der Waals surface area contributed by atoms with Crippen molar-refractivity contribution in [1.29, 1.82) is 0 Å². The first kappa shape index (κ1) is 18.5. The van der Waals surface area contributed by atoms with E-state index in [0.717, 1.165) is 31.4 Å². The first-order valence-electron chi connectivity index (χ1n) is 9.08. The second-order valence-corrected chi connectivity index (χ2v) is 6.65. The van der Waals surface area contributed by atoms with Crippen LogP contribution < -0.4 is 0 Å². The third kappa shape index (κ3) is 4.37. The lowest BCUT2D eigenvalue weighted by Gasteiger charge is -2.35. The van der Waals surface area contributed by atoms with E-state index >= 15 is 0 Å². The Hall–Kier alpha value is -1.84. The number of benzene rings is 1. The molecule has 2 rings (SSSR count). The third-order valence-corrected chi connectivity index (χ3v) is 4.99. The zero-order chi connectivity index (χ0) is 17.5. The van der Waals surface area contributed by atoms with Gasteiger partial charge in [-0.15, -0.1) is 0 Å². The second-order valence-electron chi connectivity index (χ2n) is 6.65. The number of carbonyl (C=O) groups excluding carboxylic acids is 2. The Morgan fingerprint density at radius 3 is 2.58 bits per heavy atom. The monoisotopic (exact) mass is 331 g/mol. The molecule has 3 atom stereocenters. The van der Waals surface area contributed by atoms with Gasteiger partial charge in [0.15, 0.2) is 0 Å². The van der Waals surface area contributed by atoms with Gasteiger partial charge in [0.1, 0.15) is 0 Å². The molecule has 1 aromatic rings. The van der Waals surface area contributed by atoms with Gasteiger partial charge in [-0.1, -0.05) is 50.6 Å². The molecule has 1 heterocycles. The Bertz CT molecular complexity index is 543. The standard InChI is InChI=1S/C20H29NO3/c1-4-15(3)18(16-10-7-6-8-11-16)19(22)21-13-9-12-17(14-21)20(23)24-5-2/h6-8,10-11,15,17-18H,4-5,9,12-14H2,1-3H3. The van der Waals surface area contributed by atoms with Crippen LogP contribution in [0.5, 0.6) is 0 Å². The fraction of sp³-hybridized carbons (Fsp3) is 0.600. The summed E-state index contributed by atoms with van der Waals surface area (Å²) in [5.74, 6) is -0.0876. The highest BCUT2D eigenvalue weighted by Crippen LogP contribution is 2.31. The van der Waals surface area contributed by atoms with Crippen molar-refractivity contribution in [3.8, 4) is 0 Å². The van der Waals surface area contributed by atoms with Crippen molar-refractivity contribution >= 4 is 11.9 Å². The predicted molar refractivity (Wildman–Crippen MR) is 94.6 cm³/mol. The van der Waals surface area contributed by atoms with Gasteiger partial charge in [-0.25, -0.2) is 0 Å². The van der Waals surface area contributed by atoms with Crippen molar-refractivity contribution in [2.45, 2.75) is 46.0 Å². The number of amides is 1. The highest BCUT2D eigenvalue weighted by atomic mass is 16.5. The predicted octanol–water partition coefficient (Wildman–Crippen LogP) is 3.62. The first-order valence-corrected chi connectivity index (χ1v) is 9.08. The quantitative estimate of drug-likeness (QED) is 0.748. The number of likely N-dealkylation sites (tertiary alicyclic amines) is 1. The van der Waals surface area contributed by atoms with Gasteiger partial charge in [-0.3, -0.25) is 9.59 Å². The van der Waals surface area contributed by atoms with Crippen molar-refractivity contribution in [1.82, 2.24) is 4.90 Å². The van der Waals surface area contributed by atoms with Crippen LogP contribution in [0.1, 0.15) is 51.5 Å². The molecular formula is C20H29NO3. The van der Waals surface area contributed by atoms with E-state index in [-0.39, 0.29) is 29.6 Å². The van der Waals surface area contributed by atoms with E-state index < -0.39 is 0 Å². The maximum Gasteiger partial charge on any atom is 0.310 e. The summed E-state index contributed by atoms with van der Waals surface area (Å²) < 4.78 is 5.15. The molecule has 4 nitrogen and oxygen atoms in total. The summed E-state index contributed by atoms with van der Waals surface area (Å²) in [6.07, 6.45) is 2.61. The molecule has 4 heteroatoms. The Kier molecular flexibility index (Phi) is 6.83. The van der Waals surface area contributed by atoms with Crippen LogP contribution in [0.2, 0.25) is 0 Å². The molecule has 24 heavy (non-hydrogen) atoms. The van der Waals surface area contributed by atoms with E-state index in [0.29, 0.717) is 13.2 Å². The van der Waals surface area contributed by atoms with E-state index in [2.05, 4.69) is 13.8 Å². The molecule has 0 bridgehead atoms. The zero-order valence-electron chi connectivity index (χ0n) is 15.0. The molecule has 1 aliphatic heterocycles. The molecule has 0 radical (unpaired) electrons. The average molecular weight is 331 g/mol. The van der Waals surface area contributed by atoms with Crippen molar-refractivity contribution in [2.24, 2.45) is 11.8 Å². The van der Waals surface area contributed by atoms with Crippen molar-refractivity contribution in [3.05, 3.63) is 35.9 Å². The minimum absolute atomic E-state index is 0.142. The molecule has 132 valence electrons. The normalized spacial score (nSPS) is 20.3. The number of hydrogen-bond acceptors (Lipinski definition) is 3. The van der Waals surface area contributed by atoms with Crippen LogP contribution in [0.15, 0.2) is 30.3 Å². The van der Waals surface area contributed by atoms with E-state index in [1.54, 1.807) is 0 Å². The van der Waals surface area contributed by atoms with Crippen LogP contribution >= 0.6 is 0 Å². The number of esters is 1. The van der Waals surface area contributed by atoms with Crippen LogP contribution in [-0.4, -0.2) is 36.5 Å². The number of rotatable bonds is 6. The van der Waals surface area contributed by atoms with Gasteiger partial charge in [-0.05, 0) is 31.2 Å². The lowest BCUT2D eigenvalue weighted by molar-refractivity contribution is -0.151. The van der Waals surface area contributed by atoms with E-state index in [1.807, 2.05) is 42.2 Å². The van der Waals surface area contributed by atoms with Crippen LogP contribution in [0.25, 0.3) is 0 Å². The molecule has 0 N–H and O–H groups in total. The minimum Gasteiger partial charge on any atom is -0.466 e. The van der Waals surface area contributed by atoms with E-state index in [4.69, 9.17) is 4.74 Å². The fourth-order valence-corrected chi connectivity index (χ4v) is 3.44. The van der Waals surface area contributed by atoms with E-state index in [9.17, 15) is 9.59 Å². The molecule has 1 fully saturated rings. The molecule has 0 saturated carbocycles. The van der Waals surface area contributed by atoms with Crippen molar-refractivity contribution < 1.29 is 14.3 Å². The van der Waals surface area contributed by atoms with Crippen LogP contribution in [0, 0.1) is 11.8 Å². The van der Waals surface area contributed by atoms with Crippen LogP contribution in [0.4, 0.5) is 0 Å². The minimum atomic E-state index is -0.184. The largest absolute Gasteiger partial charge is 0.466 e. The second kappa shape index (κ2) is 8.86. The van der Waals surface area contributed by atoms with Gasteiger partial charge < -0.3 is 9.64 Å². The fourth-order valence-electron chi connectivity index (χ4n) is 3.44. The number of nitrogens with zero attached hydrogens (tertiary/aromatic N) is 1. The topological polar surface area (TPSA) is 46.6 Å². The Morgan fingerprint density at radius 1 is 1.25 bits per heavy atom. The van der Waals surface area contributed by atoms with Crippen LogP contribution in [0.3, 0.4) is 0 Å². The summed E-state index contributed by atoms with van der Waals surface area (Å²) >= 11 is 0. The molecular weight excluding hydrogens is 302 g/mol. The van der Waals surface area contributed by atoms with Gasteiger partial charge in [0.05, 0.1) is 18.4 Å². The summed E-state index contributed by atoms with van der Waals surface area (Å²) in [6, 6.07) is 9.99. The first-order chi connectivity index (χ1) is 11.6. The number of piperidine rings is 1. The Labute approximate surface area is 145 Å². The van der Waals surface area contributed by atoms with Gasteiger partial charge in [0.25, 0.3) is 0 Å². The highest BCUT2D eigenvalue weighted by Gasteiger charge is 2.34. The molecule has 0 aliphatic carbocycles. The molecule has 3 unspecified atom stereocenters. The molecule has 1 amide bonds. The van der Waals surface area contributed by atoms with Gasteiger partial charge in [0.2, 0.25) is 5.91 Å². The molecule has 1 saturated heterocycles. The number of hydrogen-bond donors (Lipinski definition) is 0. The zero-order valence-corrected chi connectivity index (χ0v) is 15.0. The summed E-state index contributed by atoms with van der Waals surface area (Å²) in [4.78, 5) is 27.1. The summed E-state index contributed by atoms with van der Waals surface area (Å²) in [7, 11) is 0. The summed E-state index contributed by atoms with van der Waals surface area (Å²) in [5, 5.41) is 0. The Balaban J connectivity index is 2.15. The maximum atomic E-state index is 13.2. The smallest absolute Gasteiger partial charge is 0.310 e. The molecule has 1 aliphatic rings. The summed E-state index contributed by atoms with van der Waals surface area (Å²) in [5.41, 5.74) is 1.06. The average Bonchev–Trinajstić information content (AvgIpc) is 2.63. The van der Waals surface area contributed by atoms with Crippen molar-refractivity contribution in [2.75, 3.05) is 19.7 Å². The van der Waals surface area contributed by atoms with Crippen LogP contribution in [-0.2, 0) is 14.3 Å². The van der Waals surface area contributed by atoms with Gasteiger partial charge in [-0.2, -0.15) is 0 Å². The molecule has 0 aromatic heterocycles. The maximum absolute atomic E-state index is 13.2. The van der Waals surface area contributed by atoms with Gasteiger partial charge >= 0.3 is 5.97 Å². The molecule has 1 aromatic carbocycles.